The van der Waals surface area contributed by atoms with Crippen LogP contribution < -0.4 is 10.6 Å². The highest BCUT2D eigenvalue weighted by Gasteiger charge is 2.32. The van der Waals surface area contributed by atoms with Crippen molar-refractivity contribution in [1.82, 2.24) is 5.32 Å². The van der Waals surface area contributed by atoms with Crippen molar-refractivity contribution < 1.29 is 22.4 Å². The number of rotatable bonds is 2. The molecule has 3 nitrogen and oxygen atoms in total. The van der Waals surface area contributed by atoms with Crippen molar-refractivity contribution in [3.63, 3.8) is 0 Å². The van der Waals surface area contributed by atoms with Gasteiger partial charge in [0.05, 0.1) is 11.3 Å². The molecule has 1 aliphatic rings. The first-order chi connectivity index (χ1) is 9.77. The molecule has 1 saturated heterocycles. The van der Waals surface area contributed by atoms with Crippen LogP contribution in [0, 0.1) is 11.7 Å². The number of hydrogen-bond acceptors (Lipinski definition) is 2. The molecule has 1 aromatic carbocycles. The fourth-order valence-corrected chi connectivity index (χ4v) is 2.40. The van der Waals surface area contributed by atoms with Crippen molar-refractivity contribution in [3.8, 4) is 0 Å². The Morgan fingerprint density at radius 1 is 1.38 bits per heavy atom. The van der Waals surface area contributed by atoms with Gasteiger partial charge < -0.3 is 10.6 Å². The van der Waals surface area contributed by atoms with Crippen LogP contribution in [0.3, 0.4) is 0 Å². The van der Waals surface area contributed by atoms with Crippen LogP contribution in [0.5, 0.6) is 0 Å². The van der Waals surface area contributed by atoms with Crippen LogP contribution >= 0.6 is 0 Å². The summed E-state index contributed by atoms with van der Waals surface area (Å²) in [6.07, 6.45) is -3.42. The third-order valence-corrected chi connectivity index (χ3v) is 3.55. The molecule has 7 heteroatoms. The molecular weight excluding hydrogens is 288 g/mol. The lowest BCUT2D eigenvalue weighted by Gasteiger charge is -2.27. The highest BCUT2D eigenvalue weighted by atomic mass is 19.4. The Morgan fingerprint density at radius 2 is 2.10 bits per heavy atom. The van der Waals surface area contributed by atoms with E-state index >= 15 is 0 Å². The third-order valence-electron chi connectivity index (χ3n) is 3.55. The molecule has 21 heavy (non-hydrogen) atoms. The van der Waals surface area contributed by atoms with Gasteiger partial charge in [0, 0.05) is 12.0 Å². The summed E-state index contributed by atoms with van der Waals surface area (Å²) in [5.41, 5.74) is -1.42. The quantitative estimate of drug-likeness (QED) is 0.824. The number of carbonyl (C=O) groups is 1. The number of piperidine rings is 1. The molecule has 2 rings (SSSR count). The monoisotopic (exact) mass is 304 g/mol. The number of alkyl halides is 3. The Bertz CT molecular complexity index is 530. The maximum Gasteiger partial charge on any atom is 0.416 e. The first kappa shape index (κ1) is 15.8. The van der Waals surface area contributed by atoms with Gasteiger partial charge in [-0.15, -0.1) is 0 Å². The summed E-state index contributed by atoms with van der Waals surface area (Å²) >= 11 is 0. The average Bonchev–Trinajstić information content (AvgIpc) is 2.40. The lowest BCUT2D eigenvalue weighted by atomic mass is 9.92. The fourth-order valence-electron chi connectivity index (χ4n) is 2.40. The van der Waals surface area contributed by atoms with Gasteiger partial charge in [-0.2, -0.15) is 13.2 Å². The number of halogens is 4. The highest BCUT2D eigenvalue weighted by molar-refractivity contribution is 5.92. The summed E-state index contributed by atoms with van der Waals surface area (Å²) in [4.78, 5) is 12.0. The van der Waals surface area contributed by atoms with Gasteiger partial charge in [0.1, 0.15) is 5.82 Å². The van der Waals surface area contributed by atoms with Gasteiger partial charge in [0.25, 0.3) is 0 Å². The Labute approximate surface area is 119 Å². The molecule has 116 valence electrons. The summed E-state index contributed by atoms with van der Waals surface area (Å²) in [5.74, 6) is -1.64. The number of carbonyl (C=O) groups excluding carboxylic acids is 1. The molecule has 1 aliphatic heterocycles. The van der Waals surface area contributed by atoms with Gasteiger partial charge in [-0.3, -0.25) is 4.79 Å². The number of amides is 1. The zero-order valence-corrected chi connectivity index (χ0v) is 11.4. The van der Waals surface area contributed by atoms with Crippen LogP contribution in [-0.2, 0) is 11.0 Å². The van der Waals surface area contributed by atoms with Crippen LogP contribution in [-0.4, -0.2) is 18.5 Å². The molecular formula is C14H16F4N2O. The lowest BCUT2D eigenvalue weighted by molar-refractivity contribution is -0.137. The van der Waals surface area contributed by atoms with Crippen molar-refractivity contribution >= 4 is 11.6 Å². The molecule has 0 spiro atoms. The smallest absolute Gasteiger partial charge is 0.323 e. The van der Waals surface area contributed by atoms with Crippen molar-refractivity contribution in [1.29, 1.82) is 0 Å². The second kappa shape index (κ2) is 6.01. The van der Waals surface area contributed by atoms with E-state index in [-0.39, 0.29) is 12.0 Å². The lowest BCUT2D eigenvalue weighted by Crippen LogP contribution is -2.40. The number of hydrogen-bond donors (Lipinski definition) is 2. The van der Waals surface area contributed by atoms with Crippen molar-refractivity contribution in [3.05, 3.63) is 29.6 Å². The predicted molar refractivity (Wildman–Crippen MR) is 70.2 cm³/mol. The summed E-state index contributed by atoms with van der Waals surface area (Å²) < 4.78 is 51.4. The SMILES string of the molecule is C[C@H]1C[C@@H](C(=O)Nc2cc(C(F)(F)F)ccc2F)CCN1. The molecule has 1 fully saturated rings. The van der Waals surface area contributed by atoms with E-state index in [2.05, 4.69) is 10.6 Å². The summed E-state index contributed by atoms with van der Waals surface area (Å²) in [6.45, 7) is 2.58. The Morgan fingerprint density at radius 3 is 2.71 bits per heavy atom. The molecule has 2 N–H and O–H groups in total. The van der Waals surface area contributed by atoms with Gasteiger partial charge in [0.2, 0.25) is 5.91 Å². The van der Waals surface area contributed by atoms with Crippen LogP contribution in [0.1, 0.15) is 25.3 Å². The maximum atomic E-state index is 13.6. The largest absolute Gasteiger partial charge is 0.416 e. The minimum Gasteiger partial charge on any atom is -0.323 e. The Kier molecular flexibility index (Phi) is 4.51. The topological polar surface area (TPSA) is 41.1 Å². The van der Waals surface area contributed by atoms with Crippen LogP contribution in [0.15, 0.2) is 18.2 Å². The summed E-state index contributed by atoms with van der Waals surface area (Å²) in [5, 5.41) is 5.44. The van der Waals surface area contributed by atoms with Gasteiger partial charge in [-0.05, 0) is 44.5 Å². The highest BCUT2D eigenvalue weighted by Crippen LogP contribution is 2.32. The zero-order chi connectivity index (χ0) is 15.6. The summed E-state index contributed by atoms with van der Waals surface area (Å²) in [7, 11) is 0. The zero-order valence-electron chi connectivity index (χ0n) is 11.4. The molecule has 1 amide bonds. The van der Waals surface area contributed by atoms with E-state index in [0.717, 1.165) is 0 Å². The number of benzene rings is 1. The minimum atomic E-state index is -4.57. The Balaban J connectivity index is 2.13. The van der Waals surface area contributed by atoms with Gasteiger partial charge >= 0.3 is 6.18 Å². The second-order valence-electron chi connectivity index (χ2n) is 5.26. The number of nitrogens with one attached hydrogen (secondary N) is 2. The fraction of sp³-hybridized carbons (Fsp3) is 0.500. The molecule has 1 heterocycles. The first-order valence-electron chi connectivity index (χ1n) is 6.68. The van der Waals surface area contributed by atoms with Gasteiger partial charge in [0.15, 0.2) is 0 Å². The molecule has 1 aromatic rings. The third kappa shape index (κ3) is 3.93. The second-order valence-corrected chi connectivity index (χ2v) is 5.26. The molecule has 0 bridgehead atoms. The normalized spacial score (nSPS) is 22.9. The molecule has 0 aromatic heterocycles. The van der Waals surface area contributed by atoms with Crippen molar-refractivity contribution in [2.24, 2.45) is 5.92 Å². The van der Waals surface area contributed by atoms with Crippen LogP contribution in [0.2, 0.25) is 0 Å². The van der Waals surface area contributed by atoms with E-state index in [0.29, 0.717) is 37.6 Å². The minimum absolute atomic E-state index is 0.154. The van der Waals surface area contributed by atoms with E-state index in [1.165, 1.54) is 0 Å². The van der Waals surface area contributed by atoms with Crippen molar-refractivity contribution in [2.45, 2.75) is 32.0 Å². The van der Waals surface area contributed by atoms with E-state index in [1.807, 2.05) is 6.92 Å². The number of anilines is 1. The first-order valence-corrected chi connectivity index (χ1v) is 6.68. The maximum absolute atomic E-state index is 13.6. The molecule has 0 saturated carbocycles. The molecule has 0 aliphatic carbocycles. The molecule has 0 radical (unpaired) electrons. The van der Waals surface area contributed by atoms with E-state index in [9.17, 15) is 22.4 Å². The van der Waals surface area contributed by atoms with Gasteiger partial charge in [-0.1, -0.05) is 0 Å². The van der Waals surface area contributed by atoms with Crippen LogP contribution in [0.4, 0.5) is 23.2 Å². The Hall–Kier alpha value is -1.63. The van der Waals surface area contributed by atoms with E-state index < -0.39 is 29.2 Å². The molecule has 2 atom stereocenters. The van der Waals surface area contributed by atoms with Crippen molar-refractivity contribution in [2.75, 3.05) is 11.9 Å². The summed E-state index contributed by atoms with van der Waals surface area (Å²) in [6, 6.07) is 2.14. The van der Waals surface area contributed by atoms with Crippen LogP contribution in [0.25, 0.3) is 0 Å². The predicted octanol–water partition coefficient (Wildman–Crippen LogP) is 3.17. The van der Waals surface area contributed by atoms with E-state index in [1.54, 1.807) is 0 Å². The van der Waals surface area contributed by atoms with E-state index in [4.69, 9.17) is 0 Å². The standard InChI is InChI=1S/C14H16F4N2O/c1-8-6-9(4-5-19-8)13(21)20-12-7-10(14(16,17)18)2-3-11(12)15/h2-3,7-9,19H,4-6H2,1H3,(H,20,21)/t8-,9-/m0/s1. The average molecular weight is 304 g/mol. The molecule has 0 unspecified atom stereocenters. The van der Waals surface area contributed by atoms with Gasteiger partial charge in [-0.25, -0.2) is 4.39 Å².